The van der Waals surface area contributed by atoms with Crippen molar-refractivity contribution in [1.29, 1.82) is 0 Å². The second kappa shape index (κ2) is 5.07. The van der Waals surface area contributed by atoms with Gasteiger partial charge in [-0.05, 0) is 53.8 Å². The molecule has 2 nitrogen and oxygen atoms in total. The molecular weight excluding hydrogens is 285 g/mol. The average molecular weight is 305 g/mol. The molecule has 0 aliphatic carbocycles. The summed E-state index contributed by atoms with van der Waals surface area (Å²) in [7, 11) is 2.36. The van der Waals surface area contributed by atoms with Gasteiger partial charge in [-0.3, -0.25) is 9.11 Å². The molecule has 0 spiro atoms. The zero-order chi connectivity index (χ0) is 14.3. The van der Waals surface area contributed by atoms with Gasteiger partial charge in [0.15, 0.2) is 0 Å². The number of fused-ring (bicyclic) bond motifs is 1. The molecule has 4 heteroatoms. The topological polar surface area (TPSA) is 20.3 Å². The molecule has 0 saturated carbocycles. The summed E-state index contributed by atoms with van der Waals surface area (Å²) >= 11 is 0. The standard InChI is InChI=1S/C16H20NOPS/c1-17-10-14-4-3-13(9-15(14)11-17)12-5-7-16(8-6-12)20(2,18)19/h3-9,20H,10-11,19H2,1-2H3. The van der Waals surface area contributed by atoms with E-state index in [2.05, 4.69) is 50.7 Å². The third kappa shape index (κ3) is 2.71. The number of rotatable bonds is 2. The lowest BCUT2D eigenvalue weighted by Gasteiger charge is -2.13. The number of nitrogens with zero attached hydrogens (tertiary/aromatic N) is 1. The summed E-state index contributed by atoms with van der Waals surface area (Å²) in [6, 6.07) is 14.8. The number of hydrogen-bond donors (Lipinski definition) is 1. The van der Waals surface area contributed by atoms with Crippen molar-refractivity contribution in [3.05, 3.63) is 53.6 Å². The van der Waals surface area contributed by atoms with Gasteiger partial charge >= 0.3 is 0 Å². The van der Waals surface area contributed by atoms with Crippen molar-refractivity contribution in [2.45, 2.75) is 18.0 Å². The quantitative estimate of drug-likeness (QED) is 0.680. The Kier molecular flexibility index (Phi) is 3.53. The van der Waals surface area contributed by atoms with Gasteiger partial charge in [0, 0.05) is 18.0 Å². The summed E-state index contributed by atoms with van der Waals surface area (Å²) in [5.74, 6) is 0. The number of benzene rings is 2. The van der Waals surface area contributed by atoms with Gasteiger partial charge in [-0.2, -0.15) is 0 Å². The van der Waals surface area contributed by atoms with E-state index in [1.165, 1.54) is 22.3 Å². The van der Waals surface area contributed by atoms with E-state index in [9.17, 15) is 4.21 Å². The molecule has 1 aliphatic heterocycles. The minimum atomic E-state index is -2.24. The Labute approximate surface area is 123 Å². The molecule has 3 rings (SSSR count). The average Bonchev–Trinajstić information content (AvgIpc) is 2.77. The summed E-state index contributed by atoms with van der Waals surface area (Å²) in [4.78, 5) is 3.23. The highest BCUT2D eigenvalue weighted by Crippen LogP contribution is 2.30. The Morgan fingerprint density at radius 3 is 2.25 bits per heavy atom. The van der Waals surface area contributed by atoms with Crippen LogP contribution in [0, 0.1) is 0 Å². The monoisotopic (exact) mass is 305 g/mol. The summed E-state index contributed by atoms with van der Waals surface area (Å²) < 4.78 is 12.0. The lowest BCUT2D eigenvalue weighted by atomic mass is 10.0. The van der Waals surface area contributed by atoms with Crippen molar-refractivity contribution >= 4 is 18.0 Å². The molecule has 0 saturated heterocycles. The van der Waals surface area contributed by atoms with E-state index in [0.29, 0.717) is 0 Å². The third-order valence-corrected chi connectivity index (χ3v) is 6.02. The van der Waals surface area contributed by atoms with Gasteiger partial charge in [0.2, 0.25) is 0 Å². The first-order valence-corrected chi connectivity index (χ1v) is 10.5. The van der Waals surface area contributed by atoms with Crippen LogP contribution in [-0.2, 0) is 22.6 Å². The Balaban J connectivity index is 1.94. The molecular formula is C16H20NOPS. The van der Waals surface area contributed by atoms with Crippen LogP contribution in [0.5, 0.6) is 0 Å². The molecule has 0 aromatic heterocycles. The van der Waals surface area contributed by atoms with E-state index in [4.69, 9.17) is 0 Å². The molecule has 0 fully saturated rings. The van der Waals surface area contributed by atoms with Crippen molar-refractivity contribution in [3.8, 4) is 11.1 Å². The zero-order valence-corrected chi connectivity index (χ0v) is 13.9. The molecule has 0 bridgehead atoms. The molecule has 2 aromatic carbocycles. The normalized spacial score (nSPS) is 16.1. The molecule has 20 heavy (non-hydrogen) atoms. The van der Waals surface area contributed by atoms with Crippen molar-refractivity contribution in [2.75, 3.05) is 13.3 Å². The summed E-state index contributed by atoms with van der Waals surface area (Å²) in [5, 5.41) is 0. The van der Waals surface area contributed by atoms with Crippen molar-refractivity contribution in [1.82, 2.24) is 4.90 Å². The van der Waals surface area contributed by atoms with E-state index < -0.39 is 9.55 Å². The highest BCUT2D eigenvalue weighted by Gasteiger charge is 2.15. The van der Waals surface area contributed by atoms with Gasteiger partial charge in [-0.15, -0.1) is 0 Å². The van der Waals surface area contributed by atoms with Crippen LogP contribution in [0.4, 0.5) is 0 Å². The SMILES string of the molecule is CN1Cc2ccc(-c3ccc([SH](C)(=O)P)cc3)cc2C1. The van der Waals surface area contributed by atoms with Gasteiger partial charge in [0.25, 0.3) is 0 Å². The first kappa shape index (κ1) is 13.9. The fourth-order valence-corrected chi connectivity index (χ4v) is 3.95. The van der Waals surface area contributed by atoms with Crippen LogP contribution >= 0.6 is 8.44 Å². The van der Waals surface area contributed by atoms with Gasteiger partial charge < -0.3 is 0 Å². The highest BCUT2D eigenvalue weighted by molar-refractivity contribution is 8.44. The number of hydrogen-bond acceptors (Lipinski definition) is 2. The Morgan fingerprint density at radius 1 is 1.00 bits per heavy atom. The Bertz CT molecular complexity index is 690. The van der Waals surface area contributed by atoms with Crippen molar-refractivity contribution in [2.24, 2.45) is 0 Å². The zero-order valence-electron chi connectivity index (χ0n) is 11.8. The first-order valence-electron chi connectivity index (χ1n) is 6.71. The van der Waals surface area contributed by atoms with Crippen LogP contribution in [0.25, 0.3) is 11.1 Å². The molecule has 0 N–H and O–H groups in total. The Morgan fingerprint density at radius 2 is 1.60 bits per heavy atom. The lowest BCUT2D eigenvalue weighted by molar-refractivity contribution is 0.353. The molecule has 106 valence electrons. The van der Waals surface area contributed by atoms with E-state index in [1.54, 1.807) is 6.26 Å². The van der Waals surface area contributed by atoms with Gasteiger partial charge in [0.05, 0.1) is 0 Å². The van der Waals surface area contributed by atoms with Gasteiger partial charge in [-0.1, -0.05) is 42.3 Å². The van der Waals surface area contributed by atoms with Gasteiger partial charge in [0.1, 0.15) is 0 Å². The van der Waals surface area contributed by atoms with E-state index >= 15 is 0 Å². The molecule has 1 heterocycles. The third-order valence-electron chi connectivity index (χ3n) is 3.80. The maximum atomic E-state index is 12.0. The minimum absolute atomic E-state index is 0.909. The maximum absolute atomic E-state index is 12.0. The summed E-state index contributed by atoms with van der Waals surface area (Å²) in [6.45, 7) is 2.07. The van der Waals surface area contributed by atoms with Crippen LogP contribution in [0.15, 0.2) is 47.4 Å². The predicted molar refractivity (Wildman–Crippen MR) is 90.5 cm³/mol. The molecule has 1 atom stereocenters. The van der Waals surface area contributed by atoms with Crippen molar-refractivity contribution in [3.63, 3.8) is 0 Å². The highest BCUT2D eigenvalue weighted by atomic mass is 32.8. The maximum Gasteiger partial charge on any atom is 0.0237 e. The van der Waals surface area contributed by atoms with Crippen LogP contribution in [0.3, 0.4) is 0 Å². The van der Waals surface area contributed by atoms with Crippen LogP contribution in [-0.4, -0.2) is 22.4 Å². The van der Waals surface area contributed by atoms with Crippen molar-refractivity contribution < 1.29 is 4.21 Å². The largest absolute Gasteiger partial charge is 0.298 e. The predicted octanol–water partition coefficient (Wildman–Crippen LogP) is 3.09. The molecule has 0 amide bonds. The fraction of sp³-hybridized carbons (Fsp3) is 0.250. The lowest BCUT2D eigenvalue weighted by Crippen LogP contribution is -2.07. The summed E-state index contributed by atoms with van der Waals surface area (Å²) in [5.41, 5.74) is 5.27. The van der Waals surface area contributed by atoms with Gasteiger partial charge in [-0.25, -0.2) is 0 Å². The minimum Gasteiger partial charge on any atom is -0.298 e. The molecule has 2 aromatic rings. The molecule has 1 aliphatic rings. The summed E-state index contributed by atoms with van der Waals surface area (Å²) in [6.07, 6.45) is 1.78. The molecule has 1 unspecified atom stereocenters. The van der Waals surface area contributed by atoms with Crippen LogP contribution in [0.1, 0.15) is 11.1 Å². The van der Waals surface area contributed by atoms with E-state index in [0.717, 1.165) is 18.0 Å². The first-order chi connectivity index (χ1) is 9.43. The second-order valence-electron chi connectivity index (χ2n) is 5.69. The second-order valence-corrected chi connectivity index (χ2v) is 11.1. The Hall–Kier alpha value is -1.02. The van der Waals surface area contributed by atoms with Crippen LogP contribution in [0.2, 0.25) is 0 Å². The fourth-order valence-electron chi connectivity index (χ4n) is 2.69. The van der Waals surface area contributed by atoms with E-state index in [-0.39, 0.29) is 0 Å². The van der Waals surface area contributed by atoms with E-state index in [1.807, 2.05) is 12.1 Å². The van der Waals surface area contributed by atoms with Crippen LogP contribution < -0.4 is 0 Å². The smallest absolute Gasteiger partial charge is 0.0237 e. The number of thiol groups is 1. The molecule has 0 radical (unpaired) electrons.